The van der Waals surface area contributed by atoms with Crippen LogP contribution in [0.2, 0.25) is 0 Å². The molecule has 0 aromatic heterocycles. The summed E-state index contributed by atoms with van der Waals surface area (Å²) >= 11 is 0. The van der Waals surface area contributed by atoms with Gasteiger partial charge in [-0.05, 0) is 41.8 Å². The molecule has 9 heteroatoms. The Hall–Kier alpha value is -3.10. The lowest BCUT2D eigenvalue weighted by Crippen LogP contribution is -2.49. The molecule has 162 valence electrons. The average molecular weight is 425 g/mol. The highest BCUT2D eigenvalue weighted by Crippen LogP contribution is 2.29. The third-order valence-corrected chi connectivity index (χ3v) is 4.29. The molecule has 0 saturated carbocycles. The molecule has 0 aliphatic heterocycles. The fourth-order valence-electron chi connectivity index (χ4n) is 2.72. The van der Waals surface area contributed by atoms with E-state index < -0.39 is 29.7 Å². The first kappa shape index (κ1) is 23.2. The van der Waals surface area contributed by atoms with Gasteiger partial charge in [0.05, 0.1) is 5.56 Å². The van der Waals surface area contributed by atoms with Crippen molar-refractivity contribution in [3.05, 3.63) is 71.0 Å². The van der Waals surface area contributed by atoms with E-state index in [2.05, 4.69) is 16.0 Å². The number of carbonyl (C=O) groups excluding carboxylic acids is 2. The van der Waals surface area contributed by atoms with Gasteiger partial charge in [0.2, 0.25) is 5.91 Å². The summed E-state index contributed by atoms with van der Waals surface area (Å²) in [6.07, 6.45) is -3.49. The van der Waals surface area contributed by atoms with Crippen molar-refractivity contribution in [3.63, 3.8) is 0 Å². The topological polar surface area (TPSA) is 70.2 Å². The quantitative estimate of drug-likeness (QED) is 0.557. The van der Waals surface area contributed by atoms with Crippen molar-refractivity contribution < 1.29 is 27.2 Å². The smallest absolute Gasteiger partial charge is 0.350 e. The maximum atomic E-state index is 12.9. The van der Waals surface area contributed by atoms with Crippen molar-refractivity contribution in [2.24, 2.45) is 0 Å². The zero-order valence-electron chi connectivity index (χ0n) is 16.4. The van der Waals surface area contributed by atoms with Crippen molar-refractivity contribution in [1.29, 1.82) is 0 Å². The summed E-state index contributed by atoms with van der Waals surface area (Å²) in [7, 11) is 0. The summed E-state index contributed by atoms with van der Waals surface area (Å²) in [6, 6.07) is 8.87. The van der Waals surface area contributed by atoms with Gasteiger partial charge in [-0.1, -0.05) is 37.6 Å². The van der Waals surface area contributed by atoms with Crippen molar-refractivity contribution in [2.75, 3.05) is 0 Å². The van der Waals surface area contributed by atoms with Gasteiger partial charge in [-0.3, -0.25) is 4.79 Å². The number of halogens is 4. The molecule has 0 radical (unpaired) electrons. The van der Waals surface area contributed by atoms with E-state index in [4.69, 9.17) is 0 Å². The van der Waals surface area contributed by atoms with Gasteiger partial charge in [0.1, 0.15) is 11.9 Å². The molecule has 0 spiro atoms. The largest absolute Gasteiger partial charge is 0.416 e. The van der Waals surface area contributed by atoms with Crippen molar-refractivity contribution in [3.8, 4) is 0 Å². The number of nitrogens with one attached hydrogen (secondary N) is 3. The molecule has 3 amide bonds. The molecule has 0 saturated heterocycles. The van der Waals surface area contributed by atoms with Gasteiger partial charge in [-0.25, -0.2) is 9.18 Å². The predicted octanol–water partition coefficient (Wildman–Crippen LogP) is 4.13. The number of benzene rings is 2. The second-order valence-corrected chi connectivity index (χ2v) is 6.71. The Morgan fingerprint density at radius 1 is 0.967 bits per heavy atom. The molecule has 1 atom stereocenters. The molecule has 5 nitrogen and oxygen atoms in total. The van der Waals surface area contributed by atoms with E-state index in [1.807, 2.05) is 6.92 Å². The zero-order valence-corrected chi connectivity index (χ0v) is 16.4. The first-order chi connectivity index (χ1) is 14.2. The highest BCUT2D eigenvalue weighted by atomic mass is 19.4. The molecule has 2 aromatic carbocycles. The molecule has 2 aromatic rings. The zero-order chi connectivity index (χ0) is 22.1. The van der Waals surface area contributed by atoms with E-state index in [-0.39, 0.29) is 18.9 Å². The second-order valence-electron chi connectivity index (χ2n) is 6.71. The van der Waals surface area contributed by atoms with Gasteiger partial charge in [0.25, 0.3) is 0 Å². The van der Waals surface area contributed by atoms with Crippen LogP contribution in [0.15, 0.2) is 48.5 Å². The molecule has 3 N–H and O–H groups in total. The molecular formula is C21H23F4N3O2. The fourth-order valence-corrected chi connectivity index (χ4v) is 2.72. The highest BCUT2D eigenvalue weighted by Gasteiger charge is 2.30. The highest BCUT2D eigenvalue weighted by molar-refractivity contribution is 5.86. The summed E-state index contributed by atoms with van der Waals surface area (Å²) in [6.45, 7) is 1.89. The lowest BCUT2D eigenvalue weighted by atomic mass is 10.1. The van der Waals surface area contributed by atoms with E-state index in [9.17, 15) is 27.2 Å². The SMILES string of the molecule is CCC[C@@H](NC(=O)NCc1ccc(F)cc1)C(=O)NCc1cccc(C(F)(F)F)c1. The number of amides is 3. The van der Waals surface area contributed by atoms with Crippen LogP contribution in [0.1, 0.15) is 36.5 Å². The van der Waals surface area contributed by atoms with Gasteiger partial charge in [0, 0.05) is 13.1 Å². The number of hydrogen-bond donors (Lipinski definition) is 3. The van der Waals surface area contributed by atoms with Gasteiger partial charge in [0.15, 0.2) is 0 Å². The summed E-state index contributed by atoms with van der Waals surface area (Å²) in [4.78, 5) is 24.5. The van der Waals surface area contributed by atoms with Crippen LogP contribution in [0.5, 0.6) is 0 Å². The van der Waals surface area contributed by atoms with Gasteiger partial charge in [-0.2, -0.15) is 13.2 Å². The van der Waals surface area contributed by atoms with E-state index in [0.717, 1.165) is 12.1 Å². The summed E-state index contributed by atoms with van der Waals surface area (Å²) in [5.74, 6) is -0.880. The number of urea groups is 1. The number of hydrogen-bond acceptors (Lipinski definition) is 2. The summed E-state index contributed by atoms with van der Waals surface area (Å²) in [5, 5.41) is 7.70. The number of carbonyl (C=O) groups is 2. The second kappa shape index (κ2) is 10.6. The van der Waals surface area contributed by atoms with Crippen molar-refractivity contribution in [1.82, 2.24) is 16.0 Å². The third kappa shape index (κ3) is 7.38. The monoisotopic (exact) mass is 425 g/mol. The Bertz CT molecular complexity index is 854. The first-order valence-electron chi connectivity index (χ1n) is 9.41. The summed E-state index contributed by atoms with van der Waals surface area (Å²) < 4.78 is 51.3. The lowest BCUT2D eigenvalue weighted by Gasteiger charge is -2.18. The third-order valence-electron chi connectivity index (χ3n) is 4.29. The van der Waals surface area contributed by atoms with Crippen LogP contribution in [0.25, 0.3) is 0 Å². The van der Waals surface area contributed by atoms with E-state index in [1.54, 1.807) is 0 Å². The van der Waals surface area contributed by atoms with Crippen LogP contribution >= 0.6 is 0 Å². The molecule has 0 unspecified atom stereocenters. The molecule has 0 aliphatic carbocycles. The lowest BCUT2D eigenvalue weighted by molar-refractivity contribution is -0.137. The van der Waals surface area contributed by atoms with E-state index in [0.29, 0.717) is 24.0 Å². The molecule has 0 fully saturated rings. The molecule has 0 bridgehead atoms. The Labute approximate surface area is 171 Å². The van der Waals surface area contributed by atoms with E-state index >= 15 is 0 Å². The number of alkyl halides is 3. The van der Waals surface area contributed by atoms with Gasteiger partial charge >= 0.3 is 12.2 Å². The standard InChI is InChI=1S/C21H23F4N3O2/c1-2-4-18(28-20(30)27-12-14-7-9-17(22)10-8-14)19(29)26-13-15-5-3-6-16(11-15)21(23,24)25/h3,5-11,18H,2,4,12-13H2,1H3,(H,26,29)(H2,27,28,30)/t18-/m1/s1. The Morgan fingerprint density at radius 3 is 2.27 bits per heavy atom. The van der Waals surface area contributed by atoms with Crippen LogP contribution in [0.4, 0.5) is 22.4 Å². The van der Waals surface area contributed by atoms with Gasteiger partial charge < -0.3 is 16.0 Å². The minimum absolute atomic E-state index is 0.0954. The van der Waals surface area contributed by atoms with Crippen LogP contribution in [-0.4, -0.2) is 18.0 Å². The molecule has 0 aliphatic rings. The first-order valence-corrected chi connectivity index (χ1v) is 9.41. The minimum atomic E-state index is -4.46. The average Bonchev–Trinajstić information content (AvgIpc) is 2.71. The molecule has 30 heavy (non-hydrogen) atoms. The molecule has 0 heterocycles. The number of rotatable bonds is 8. The predicted molar refractivity (Wildman–Crippen MR) is 104 cm³/mol. The van der Waals surface area contributed by atoms with Crippen LogP contribution in [-0.2, 0) is 24.1 Å². The van der Waals surface area contributed by atoms with Crippen LogP contribution in [0, 0.1) is 5.82 Å². The molecule has 2 rings (SSSR count). The van der Waals surface area contributed by atoms with E-state index in [1.165, 1.54) is 36.4 Å². The Balaban J connectivity index is 1.89. The van der Waals surface area contributed by atoms with Crippen LogP contribution < -0.4 is 16.0 Å². The minimum Gasteiger partial charge on any atom is -0.350 e. The van der Waals surface area contributed by atoms with Crippen molar-refractivity contribution in [2.45, 2.75) is 45.1 Å². The fraction of sp³-hybridized carbons (Fsp3) is 0.333. The maximum Gasteiger partial charge on any atom is 0.416 e. The Kier molecular flexibility index (Phi) is 8.20. The summed E-state index contributed by atoms with van der Waals surface area (Å²) in [5.41, 5.74) is 0.194. The van der Waals surface area contributed by atoms with Crippen LogP contribution in [0.3, 0.4) is 0 Å². The van der Waals surface area contributed by atoms with Gasteiger partial charge in [-0.15, -0.1) is 0 Å². The Morgan fingerprint density at radius 2 is 1.63 bits per heavy atom. The normalized spacial score (nSPS) is 12.2. The molecular weight excluding hydrogens is 402 g/mol. The maximum absolute atomic E-state index is 12.9. The van der Waals surface area contributed by atoms with Crippen molar-refractivity contribution >= 4 is 11.9 Å².